The lowest BCUT2D eigenvalue weighted by Gasteiger charge is -2.23. The summed E-state index contributed by atoms with van der Waals surface area (Å²) < 4.78 is 41.1. The van der Waals surface area contributed by atoms with Crippen molar-refractivity contribution in [1.82, 2.24) is 9.62 Å². The van der Waals surface area contributed by atoms with Crippen molar-refractivity contribution >= 4 is 27.5 Å². The maximum absolute atomic E-state index is 14.1. The van der Waals surface area contributed by atoms with Gasteiger partial charge in [-0.3, -0.25) is 4.79 Å². The first-order valence-corrected chi connectivity index (χ1v) is 10.3. The van der Waals surface area contributed by atoms with E-state index < -0.39 is 33.2 Å². The Morgan fingerprint density at radius 1 is 1.19 bits per heavy atom. The summed E-state index contributed by atoms with van der Waals surface area (Å²) in [6.07, 6.45) is 0.705. The second kappa shape index (κ2) is 9.30. The molecule has 0 spiro atoms. The quantitative estimate of drug-likeness (QED) is 0.720. The number of carbonyl (C=O) groups excluding carboxylic acids is 1. The van der Waals surface area contributed by atoms with E-state index in [0.717, 1.165) is 10.4 Å². The van der Waals surface area contributed by atoms with Crippen molar-refractivity contribution in [1.29, 1.82) is 0 Å². The summed E-state index contributed by atoms with van der Waals surface area (Å²) in [7, 11) is -4.25. The molecule has 0 aliphatic carbocycles. The first kappa shape index (κ1) is 21.3. The Bertz CT molecular complexity index is 905. The average molecular weight is 413 g/mol. The third-order valence-corrected chi connectivity index (χ3v) is 6.29. The van der Waals surface area contributed by atoms with Gasteiger partial charge >= 0.3 is 0 Å². The van der Waals surface area contributed by atoms with Gasteiger partial charge in [-0.15, -0.1) is 0 Å². The smallest absolute Gasteiger partial charge is 0.246 e. The molecule has 8 heteroatoms. The van der Waals surface area contributed by atoms with Crippen LogP contribution in [0.25, 0.3) is 0 Å². The van der Waals surface area contributed by atoms with Gasteiger partial charge in [0.15, 0.2) is 0 Å². The predicted octanol–water partition coefficient (Wildman–Crippen LogP) is 3.58. The lowest BCUT2D eigenvalue weighted by atomic mass is 10.2. The SMILES string of the molecule is CCC(C)NC(=O)CN(Cc1ccccc1Cl)S(=O)(=O)c1ccccc1F. The Balaban J connectivity index is 2.38. The largest absolute Gasteiger partial charge is 0.353 e. The summed E-state index contributed by atoms with van der Waals surface area (Å²) in [5.41, 5.74) is 0.524. The van der Waals surface area contributed by atoms with E-state index in [0.29, 0.717) is 17.0 Å². The molecule has 0 aliphatic heterocycles. The molecule has 0 bridgehead atoms. The van der Waals surface area contributed by atoms with Gasteiger partial charge in [0.2, 0.25) is 15.9 Å². The van der Waals surface area contributed by atoms with Gasteiger partial charge in [0.25, 0.3) is 0 Å². The minimum absolute atomic E-state index is 0.101. The Morgan fingerprint density at radius 3 is 2.44 bits per heavy atom. The molecule has 27 heavy (non-hydrogen) atoms. The van der Waals surface area contributed by atoms with E-state index in [4.69, 9.17) is 11.6 Å². The van der Waals surface area contributed by atoms with Crippen LogP contribution in [0.1, 0.15) is 25.8 Å². The Kier molecular flexibility index (Phi) is 7.35. The minimum Gasteiger partial charge on any atom is -0.353 e. The number of nitrogens with one attached hydrogen (secondary N) is 1. The van der Waals surface area contributed by atoms with Crippen molar-refractivity contribution in [3.8, 4) is 0 Å². The van der Waals surface area contributed by atoms with Crippen LogP contribution in [0.15, 0.2) is 53.4 Å². The normalized spacial score (nSPS) is 12.8. The molecule has 1 N–H and O–H groups in total. The monoisotopic (exact) mass is 412 g/mol. The number of nitrogens with zero attached hydrogens (tertiary/aromatic N) is 1. The second-order valence-electron chi connectivity index (χ2n) is 6.17. The molecule has 0 radical (unpaired) electrons. The fourth-order valence-corrected chi connectivity index (χ4v) is 4.05. The van der Waals surface area contributed by atoms with Crippen molar-refractivity contribution in [3.63, 3.8) is 0 Å². The highest BCUT2D eigenvalue weighted by Crippen LogP contribution is 2.23. The van der Waals surface area contributed by atoms with Crippen molar-refractivity contribution < 1.29 is 17.6 Å². The average Bonchev–Trinajstić information content (AvgIpc) is 2.62. The molecule has 0 heterocycles. The highest BCUT2D eigenvalue weighted by Gasteiger charge is 2.30. The van der Waals surface area contributed by atoms with Gasteiger partial charge in [0, 0.05) is 17.6 Å². The maximum Gasteiger partial charge on any atom is 0.246 e. The standard InChI is InChI=1S/C19H22ClFN2O3S/c1-3-14(2)22-19(24)13-23(12-15-8-4-5-9-16(15)20)27(25,26)18-11-7-6-10-17(18)21/h4-11,14H,3,12-13H2,1-2H3,(H,22,24). The summed E-state index contributed by atoms with van der Waals surface area (Å²) in [5.74, 6) is -1.33. The maximum atomic E-state index is 14.1. The zero-order valence-electron chi connectivity index (χ0n) is 15.2. The zero-order valence-corrected chi connectivity index (χ0v) is 16.7. The third kappa shape index (κ3) is 5.51. The number of rotatable bonds is 8. The van der Waals surface area contributed by atoms with E-state index in [2.05, 4.69) is 5.32 Å². The highest BCUT2D eigenvalue weighted by molar-refractivity contribution is 7.89. The summed E-state index contributed by atoms with van der Waals surface area (Å²) in [6.45, 7) is 3.14. The fourth-order valence-electron chi connectivity index (χ4n) is 2.42. The minimum atomic E-state index is -4.25. The first-order valence-electron chi connectivity index (χ1n) is 8.53. The van der Waals surface area contributed by atoms with E-state index in [9.17, 15) is 17.6 Å². The summed E-state index contributed by atoms with van der Waals surface area (Å²) in [6, 6.07) is 11.7. The molecule has 0 fully saturated rings. The highest BCUT2D eigenvalue weighted by atomic mass is 35.5. The molecule has 2 aromatic carbocycles. The molecule has 0 saturated heterocycles. The topological polar surface area (TPSA) is 66.5 Å². The van der Waals surface area contributed by atoms with Crippen molar-refractivity contribution in [2.75, 3.05) is 6.54 Å². The molecule has 1 unspecified atom stereocenters. The molecule has 1 amide bonds. The lowest BCUT2D eigenvalue weighted by Crippen LogP contribution is -2.43. The number of halogens is 2. The number of amides is 1. The summed E-state index contributed by atoms with van der Waals surface area (Å²) in [4.78, 5) is 11.8. The van der Waals surface area contributed by atoms with Gasteiger partial charge < -0.3 is 5.32 Å². The van der Waals surface area contributed by atoms with E-state index in [1.165, 1.54) is 18.2 Å². The molecule has 146 valence electrons. The molecule has 2 aromatic rings. The van der Waals surface area contributed by atoms with Crippen LogP contribution < -0.4 is 5.32 Å². The summed E-state index contributed by atoms with van der Waals surface area (Å²) >= 11 is 6.14. The zero-order chi connectivity index (χ0) is 20.0. The Morgan fingerprint density at radius 2 is 1.81 bits per heavy atom. The van der Waals surface area contributed by atoms with Crippen molar-refractivity contribution in [3.05, 3.63) is 64.9 Å². The molecule has 0 aromatic heterocycles. The van der Waals surface area contributed by atoms with E-state index in [1.54, 1.807) is 24.3 Å². The van der Waals surface area contributed by atoms with Crippen LogP contribution in [-0.2, 0) is 21.4 Å². The number of carbonyl (C=O) groups is 1. The Hall–Kier alpha value is -1.96. The summed E-state index contributed by atoms with van der Waals surface area (Å²) in [5, 5.41) is 3.10. The van der Waals surface area contributed by atoms with Crippen LogP contribution >= 0.6 is 11.6 Å². The molecular formula is C19H22ClFN2O3S. The number of hydrogen-bond donors (Lipinski definition) is 1. The fraction of sp³-hybridized carbons (Fsp3) is 0.316. The number of sulfonamides is 1. The van der Waals surface area contributed by atoms with Crippen LogP contribution in [0.2, 0.25) is 5.02 Å². The molecule has 0 aliphatic rings. The second-order valence-corrected chi connectivity index (χ2v) is 8.49. The molecule has 1 atom stereocenters. The molecular weight excluding hydrogens is 391 g/mol. The van der Waals surface area contributed by atoms with Gasteiger partial charge in [-0.2, -0.15) is 4.31 Å². The van der Waals surface area contributed by atoms with E-state index >= 15 is 0 Å². The van der Waals surface area contributed by atoms with Crippen LogP contribution in [0.4, 0.5) is 4.39 Å². The van der Waals surface area contributed by atoms with Crippen molar-refractivity contribution in [2.45, 2.75) is 37.8 Å². The van der Waals surface area contributed by atoms with Gasteiger partial charge in [-0.1, -0.05) is 48.9 Å². The molecule has 5 nitrogen and oxygen atoms in total. The van der Waals surface area contributed by atoms with Crippen LogP contribution in [0.3, 0.4) is 0 Å². The third-order valence-electron chi connectivity index (χ3n) is 4.10. The van der Waals surface area contributed by atoms with Crippen LogP contribution in [0.5, 0.6) is 0 Å². The number of hydrogen-bond acceptors (Lipinski definition) is 3. The van der Waals surface area contributed by atoms with E-state index in [-0.39, 0.29) is 12.6 Å². The van der Waals surface area contributed by atoms with Gasteiger partial charge in [-0.05, 0) is 37.1 Å². The van der Waals surface area contributed by atoms with Gasteiger partial charge in [0.05, 0.1) is 6.54 Å². The van der Waals surface area contributed by atoms with Gasteiger partial charge in [0.1, 0.15) is 10.7 Å². The Labute approximate surface area is 164 Å². The first-order chi connectivity index (χ1) is 12.8. The van der Waals surface area contributed by atoms with Crippen LogP contribution in [0, 0.1) is 5.82 Å². The lowest BCUT2D eigenvalue weighted by molar-refractivity contribution is -0.122. The van der Waals surface area contributed by atoms with Gasteiger partial charge in [-0.25, -0.2) is 12.8 Å². The molecule has 2 rings (SSSR count). The predicted molar refractivity (Wildman–Crippen MR) is 103 cm³/mol. The van der Waals surface area contributed by atoms with Crippen LogP contribution in [-0.4, -0.2) is 31.2 Å². The van der Waals surface area contributed by atoms with Crippen molar-refractivity contribution in [2.24, 2.45) is 0 Å². The molecule has 0 saturated carbocycles. The number of benzene rings is 2. The van der Waals surface area contributed by atoms with E-state index in [1.807, 2.05) is 13.8 Å².